The average Bonchev–Trinajstić information content (AvgIpc) is 3.40. The van der Waals surface area contributed by atoms with Crippen molar-refractivity contribution in [1.29, 1.82) is 0 Å². The average molecular weight is 641 g/mol. The van der Waals surface area contributed by atoms with Crippen LogP contribution in [0, 0.1) is 56.7 Å². The number of allylic oxidation sites excluding steroid dienone is 1. The number of carbonyl (C=O) groups excluding carboxylic acids is 1. The Kier molecular flexibility index (Phi) is 10.9. The van der Waals surface area contributed by atoms with Crippen molar-refractivity contribution in [2.75, 3.05) is 6.61 Å². The molecule has 4 nitrogen and oxygen atoms in total. The first-order valence-electron chi connectivity index (χ1n) is 19.9. The highest BCUT2D eigenvalue weighted by Gasteiger charge is 2.72. The molecule has 46 heavy (non-hydrogen) atoms. The third-order valence-electron chi connectivity index (χ3n) is 16.3. The lowest BCUT2D eigenvalue weighted by Crippen LogP contribution is -2.68. The molecule has 0 spiro atoms. The summed E-state index contributed by atoms with van der Waals surface area (Å²) < 4.78 is 6.35. The molecule has 0 aromatic carbocycles. The SMILES string of the molecule is C=C(C)C1CCC2(CO)C(O)CC3(C)C(CCC4C5(C)CCC(OC(=O)CCCCCCCCCCC)C(C)(C)C5CCC43C)C12. The van der Waals surface area contributed by atoms with Gasteiger partial charge in [-0.1, -0.05) is 105 Å². The summed E-state index contributed by atoms with van der Waals surface area (Å²) in [6, 6.07) is 0. The van der Waals surface area contributed by atoms with E-state index in [1.807, 2.05) is 0 Å². The molecule has 264 valence electrons. The first-order chi connectivity index (χ1) is 21.7. The van der Waals surface area contributed by atoms with E-state index in [9.17, 15) is 15.0 Å². The Labute approximate surface area is 283 Å². The molecule has 11 unspecified atom stereocenters. The molecule has 4 heteroatoms. The molecular formula is C42H72O4. The van der Waals surface area contributed by atoms with Crippen LogP contribution < -0.4 is 0 Å². The van der Waals surface area contributed by atoms with Gasteiger partial charge in [0.05, 0.1) is 12.7 Å². The number of ether oxygens (including phenoxy) is 1. The molecule has 0 bridgehead atoms. The minimum Gasteiger partial charge on any atom is -0.462 e. The lowest BCUT2D eigenvalue weighted by atomic mass is 9.32. The zero-order valence-electron chi connectivity index (χ0n) is 31.1. The molecule has 5 fully saturated rings. The molecule has 5 aliphatic carbocycles. The Hall–Kier alpha value is -0.870. The number of hydrogen-bond acceptors (Lipinski definition) is 4. The van der Waals surface area contributed by atoms with E-state index in [0.29, 0.717) is 36.0 Å². The number of rotatable bonds is 13. The van der Waals surface area contributed by atoms with E-state index < -0.39 is 6.10 Å². The van der Waals surface area contributed by atoms with Crippen molar-refractivity contribution < 1.29 is 19.7 Å². The summed E-state index contributed by atoms with van der Waals surface area (Å²) in [7, 11) is 0. The molecule has 0 heterocycles. The van der Waals surface area contributed by atoms with Crippen LogP contribution in [-0.4, -0.2) is 35.0 Å². The van der Waals surface area contributed by atoms with Crippen LogP contribution in [-0.2, 0) is 9.53 Å². The van der Waals surface area contributed by atoms with Crippen LogP contribution in [0.15, 0.2) is 12.2 Å². The lowest BCUT2D eigenvalue weighted by molar-refractivity contribution is -0.267. The Morgan fingerprint density at radius 1 is 0.804 bits per heavy atom. The first kappa shape index (κ1) is 36.4. The van der Waals surface area contributed by atoms with Crippen molar-refractivity contribution in [3.8, 4) is 0 Å². The zero-order chi connectivity index (χ0) is 33.5. The Morgan fingerprint density at radius 2 is 1.46 bits per heavy atom. The summed E-state index contributed by atoms with van der Waals surface area (Å²) in [4.78, 5) is 13.1. The summed E-state index contributed by atoms with van der Waals surface area (Å²) in [6.07, 6.45) is 21.1. The lowest BCUT2D eigenvalue weighted by Gasteiger charge is -2.73. The fourth-order valence-corrected chi connectivity index (χ4v) is 13.6. The summed E-state index contributed by atoms with van der Waals surface area (Å²) in [5, 5.41) is 22.8. The van der Waals surface area contributed by atoms with Crippen molar-refractivity contribution in [2.24, 2.45) is 56.7 Å². The predicted molar refractivity (Wildman–Crippen MR) is 189 cm³/mol. The van der Waals surface area contributed by atoms with Crippen molar-refractivity contribution in [1.82, 2.24) is 0 Å². The third-order valence-corrected chi connectivity index (χ3v) is 16.3. The highest BCUT2D eigenvalue weighted by molar-refractivity contribution is 5.69. The zero-order valence-corrected chi connectivity index (χ0v) is 31.1. The summed E-state index contributed by atoms with van der Waals surface area (Å²) >= 11 is 0. The van der Waals surface area contributed by atoms with E-state index in [2.05, 4.69) is 55.0 Å². The number of aliphatic hydroxyl groups is 2. The van der Waals surface area contributed by atoms with Crippen LogP contribution in [0.3, 0.4) is 0 Å². The van der Waals surface area contributed by atoms with Gasteiger partial charge < -0.3 is 14.9 Å². The molecule has 2 N–H and O–H groups in total. The molecule has 0 aliphatic heterocycles. The van der Waals surface area contributed by atoms with Gasteiger partial charge in [0.1, 0.15) is 6.10 Å². The van der Waals surface area contributed by atoms with Gasteiger partial charge in [0.25, 0.3) is 0 Å². The summed E-state index contributed by atoms with van der Waals surface area (Å²) in [5.41, 5.74) is 1.21. The minimum atomic E-state index is -0.452. The van der Waals surface area contributed by atoms with Crippen molar-refractivity contribution in [2.45, 2.75) is 183 Å². The molecular weight excluding hydrogens is 568 g/mol. The first-order valence-corrected chi connectivity index (χ1v) is 19.9. The monoisotopic (exact) mass is 641 g/mol. The fourth-order valence-electron chi connectivity index (χ4n) is 13.6. The van der Waals surface area contributed by atoms with Crippen LogP contribution in [0.25, 0.3) is 0 Å². The second-order valence-electron chi connectivity index (χ2n) is 18.7. The second kappa shape index (κ2) is 13.8. The number of unbranched alkanes of at least 4 members (excludes halogenated alkanes) is 8. The van der Waals surface area contributed by atoms with E-state index in [0.717, 1.165) is 44.9 Å². The van der Waals surface area contributed by atoms with Crippen LogP contribution in [0.4, 0.5) is 0 Å². The molecule has 5 rings (SSSR count). The van der Waals surface area contributed by atoms with Gasteiger partial charge in [-0.15, -0.1) is 0 Å². The van der Waals surface area contributed by atoms with Gasteiger partial charge in [0.15, 0.2) is 0 Å². The Bertz CT molecular complexity index is 1080. The fraction of sp³-hybridized carbons (Fsp3) is 0.929. The van der Waals surface area contributed by atoms with Crippen LogP contribution in [0.1, 0.15) is 170 Å². The standard InChI is InChI=1S/C42H72O4/c1-9-10-11-12-13-14-15-16-17-18-36(45)46-35-23-24-39(6)32(38(35,4)5)22-25-40(7)33(39)20-19-31-37-30(29(2)3)21-26-42(37,28-43)34(44)27-41(31,40)8/h30-35,37,43-44H,2,9-28H2,1,3-8H3. The van der Waals surface area contributed by atoms with Crippen LogP contribution in [0.2, 0.25) is 0 Å². The molecule has 0 aromatic rings. The van der Waals surface area contributed by atoms with Crippen LogP contribution in [0.5, 0.6) is 0 Å². The number of fused-ring (bicyclic) bond motifs is 7. The summed E-state index contributed by atoms with van der Waals surface area (Å²) in [5.74, 6) is 2.38. The Balaban J connectivity index is 1.25. The maximum Gasteiger partial charge on any atom is 0.306 e. The summed E-state index contributed by atoms with van der Waals surface area (Å²) in [6.45, 7) is 21.5. The number of aliphatic hydroxyl groups excluding tert-OH is 2. The predicted octanol–water partition coefficient (Wildman–Crippen LogP) is 10.4. The van der Waals surface area contributed by atoms with Gasteiger partial charge >= 0.3 is 5.97 Å². The van der Waals surface area contributed by atoms with Crippen molar-refractivity contribution in [3.63, 3.8) is 0 Å². The molecule has 5 aliphatic rings. The highest BCUT2D eigenvalue weighted by Crippen LogP contribution is 2.77. The quantitative estimate of drug-likeness (QED) is 0.119. The Morgan fingerprint density at radius 3 is 2.09 bits per heavy atom. The van der Waals surface area contributed by atoms with Crippen molar-refractivity contribution in [3.05, 3.63) is 12.2 Å². The van der Waals surface area contributed by atoms with Crippen LogP contribution >= 0.6 is 0 Å². The van der Waals surface area contributed by atoms with E-state index >= 15 is 0 Å². The van der Waals surface area contributed by atoms with Gasteiger partial charge in [0.2, 0.25) is 0 Å². The van der Waals surface area contributed by atoms with Gasteiger partial charge in [0, 0.05) is 17.3 Å². The molecule has 5 saturated carbocycles. The van der Waals surface area contributed by atoms with E-state index in [-0.39, 0.29) is 45.8 Å². The van der Waals surface area contributed by atoms with Gasteiger partial charge in [-0.2, -0.15) is 0 Å². The van der Waals surface area contributed by atoms with E-state index in [4.69, 9.17) is 4.74 Å². The molecule has 0 amide bonds. The van der Waals surface area contributed by atoms with Gasteiger partial charge in [-0.25, -0.2) is 0 Å². The molecule has 0 radical (unpaired) electrons. The number of esters is 1. The topological polar surface area (TPSA) is 66.8 Å². The van der Waals surface area contributed by atoms with Gasteiger partial charge in [-0.3, -0.25) is 4.79 Å². The van der Waals surface area contributed by atoms with Gasteiger partial charge in [-0.05, 0) is 117 Å². The minimum absolute atomic E-state index is 0.00408. The maximum absolute atomic E-state index is 13.1. The van der Waals surface area contributed by atoms with Crippen molar-refractivity contribution >= 4 is 5.97 Å². The van der Waals surface area contributed by atoms with E-state index in [1.165, 1.54) is 76.2 Å². The third kappa shape index (κ3) is 5.88. The normalized spacial score (nSPS) is 44.4. The van der Waals surface area contributed by atoms with E-state index in [1.54, 1.807) is 0 Å². The smallest absolute Gasteiger partial charge is 0.306 e. The molecule has 0 aromatic heterocycles. The molecule has 0 saturated heterocycles. The maximum atomic E-state index is 13.1. The second-order valence-corrected chi connectivity index (χ2v) is 18.7. The number of carbonyl (C=O) groups is 1. The molecule has 11 atom stereocenters. The highest BCUT2D eigenvalue weighted by atomic mass is 16.5. The largest absolute Gasteiger partial charge is 0.462 e. The number of hydrogen-bond donors (Lipinski definition) is 2.